The van der Waals surface area contributed by atoms with Crippen LogP contribution in [0.2, 0.25) is 0 Å². The molecule has 0 aliphatic carbocycles. The predicted octanol–water partition coefficient (Wildman–Crippen LogP) is 1.49. The Morgan fingerprint density at radius 3 is 2.89 bits per heavy atom. The average Bonchev–Trinajstić information content (AvgIpc) is 2.39. The number of hydrogen-bond acceptors (Lipinski definition) is 4. The minimum Gasteiger partial charge on any atom is -0.495 e. The fraction of sp³-hybridized carbons (Fsp3) is 0.385. The van der Waals surface area contributed by atoms with E-state index in [-0.39, 0.29) is 11.8 Å². The third-order valence-corrected chi connectivity index (χ3v) is 2.64. The summed E-state index contributed by atoms with van der Waals surface area (Å²) in [7, 11) is 1.50. The van der Waals surface area contributed by atoms with Gasteiger partial charge < -0.3 is 15.8 Å². The molecule has 0 saturated carbocycles. The quantitative estimate of drug-likeness (QED) is 0.825. The summed E-state index contributed by atoms with van der Waals surface area (Å²) in [6.45, 7) is 2.29. The fourth-order valence-electron chi connectivity index (χ4n) is 1.50. The van der Waals surface area contributed by atoms with E-state index >= 15 is 0 Å². The van der Waals surface area contributed by atoms with Gasteiger partial charge in [-0.05, 0) is 25.1 Å². The predicted molar refractivity (Wildman–Crippen MR) is 69.2 cm³/mol. The van der Waals surface area contributed by atoms with Crippen LogP contribution in [0.15, 0.2) is 18.2 Å². The van der Waals surface area contributed by atoms with Gasteiger partial charge >= 0.3 is 0 Å². The summed E-state index contributed by atoms with van der Waals surface area (Å²) < 4.78 is 5.14. The molecule has 5 nitrogen and oxygen atoms in total. The maximum absolute atomic E-state index is 11.8. The van der Waals surface area contributed by atoms with Gasteiger partial charge in [0, 0.05) is 12.0 Å². The zero-order valence-electron chi connectivity index (χ0n) is 10.6. The molecule has 0 fully saturated rings. The van der Waals surface area contributed by atoms with E-state index < -0.39 is 0 Å². The highest BCUT2D eigenvalue weighted by Crippen LogP contribution is 2.25. The minimum absolute atomic E-state index is 0.108. The standard InChI is InChI=1S/C13H17N3O2/c1-9(5-6-14)13(17)16-11-4-3-10(8-15)7-12(11)18-2/h3-4,7,9H,5-6,14H2,1-2H3,(H,16,17). The van der Waals surface area contributed by atoms with Crippen LogP contribution in [0.25, 0.3) is 0 Å². The summed E-state index contributed by atoms with van der Waals surface area (Å²) in [6.07, 6.45) is 0.629. The van der Waals surface area contributed by atoms with Crippen LogP contribution in [-0.4, -0.2) is 19.6 Å². The van der Waals surface area contributed by atoms with E-state index in [1.165, 1.54) is 7.11 Å². The summed E-state index contributed by atoms with van der Waals surface area (Å²) >= 11 is 0. The highest BCUT2D eigenvalue weighted by atomic mass is 16.5. The van der Waals surface area contributed by atoms with Gasteiger partial charge in [-0.25, -0.2) is 0 Å². The molecular formula is C13H17N3O2. The highest BCUT2D eigenvalue weighted by Gasteiger charge is 2.14. The lowest BCUT2D eigenvalue weighted by atomic mass is 10.1. The molecule has 1 aromatic rings. The summed E-state index contributed by atoms with van der Waals surface area (Å²) in [4.78, 5) is 11.8. The molecule has 1 aromatic carbocycles. The molecule has 0 aliphatic heterocycles. The molecular weight excluding hydrogens is 230 g/mol. The van der Waals surface area contributed by atoms with E-state index in [2.05, 4.69) is 5.32 Å². The van der Waals surface area contributed by atoms with Crippen LogP contribution in [0.3, 0.4) is 0 Å². The van der Waals surface area contributed by atoms with Gasteiger partial charge in [-0.1, -0.05) is 6.92 Å². The first-order chi connectivity index (χ1) is 8.62. The number of carbonyl (C=O) groups is 1. The molecule has 5 heteroatoms. The Labute approximate surface area is 107 Å². The van der Waals surface area contributed by atoms with Gasteiger partial charge in [0.1, 0.15) is 5.75 Å². The number of nitrogens with zero attached hydrogens (tertiary/aromatic N) is 1. The molecule has 0 heterocycles. The zero-order chi connectivity index (χ0) is 13.5. The van der Waals surface area contributed by atoms with Gasteiger partial charge in [-0.15, -0.1) is 0 Å². The van der Waals surface area contributed by atoms with E-state index in [4.69, 9.17) is 15.7 Å². The largest absolute Gasteiger partial charge is 0.495 e. The molecule has 1 unspecified atom stereocenters. The summed E-state index contributed by atoms with van der Waals surface area (Å²) in [5.41, 5.74) is 6.46. The molecule has 0 radical (unpaired) electrons. The van der Waals surface area contributed by atoms with Crippen LogP contribution in [0.5, 0.6) is 5.75 Å². The van der Waals surface area contributed by atoms with Crippen molar-refractivity contribution >= 4 is 11.6 Å². The number of nitriles is 1. The summed E-state index contributed by atoms with van der Waals surface area (Å²) in [5, 5.41) is 11.6. The number of rotatable bonds is 5. The van der Waals surface area contributed by atoms with Crippen molar-refractivity contribution in [2.45, 2.75) is 13.3 Å². The third kappa shape index (κ3) is 3.47. The fourth-order valence-corrected chi connectivity index (χ4v) is 1.50. The molecule has 96 valence electrons. The monoisotopic (exact) mass is 247 g/mol. The van der Waals surface area contributed by atoms with E-state index in [1.807, 2.05) is 13.0 Å². The molecule has 18 heavy (non-hydrogen) atoms. The number of anilines is 1. The van der Waals surface area contributed by atoms with E-state index in [0.29, 0.717) is 30.0 Å². The average molecular weight is 247 g/mol. The molecule has 0 aromatic heterocycles. The van der Waals surface area contributed by atoms with Crippen LogP contribution in [-0.2, 0) is 4.79 Å². The number of nitrogens with two attached hydrogens (primary N) is 1. The Balaban J connectivity index is 2.84. The van der Waals surface area contributed by atoms with Crippen molar-refractivity contribution in [1.82, 2.24) is 0 Å². The third-order valence-electron chi connectivity index (χ3n) is 2.64. The molecule has 1 rings (SSSR count). The number of amides is 1. The Hall–Kier alpha value is -2.06. The number of ether oxygens (including phenoxy) is 1. The van der Waals surface area contributed by atoms with Crippen molar-refractivity contribution in [2.75, 3.05) is 19.0 Å². The van der Waals surface area contributed by atoms with Gasteiger partial charge in [0.2, 0.25) is 5.91 Å². The van der Waals surface area contributed by atoms with Crippen LogP contribution in [0.1, 0.15) is 18.9 Å². The van der Waals surface area contributed by atoms with Gasteiger partial charge in [0.25, 0.3) is 0 Å². The SMILES string of the molecule is COc1cc(C#N)ccc1NC(=O)C(C)CCN. The minimum atomic E-state index is -0.157. The highest BCUT2D eigenvalue weighted by molar-refractivity contribution is 5.93. The van der Waals surface area contributed by atoms with Gasteiger partial charge in [0.05, 0.1) is 24.4 Å². The van der Waals surface area contributed by atoms with Gasteiger partial charge in [-0.2, -0.15) is 5.26 Å². The molecule has 0 saturated heterocycles. The van der Waals surface area contributed by atoms with Crippen LogP contribution in [0, 0.1) is 17.2 Å². The lowest BCUT2D eigenvalue weighted by molar-refractivity contribution is -0.119. The second kappa shape index (κ2) is 6.62. The Bertz CT molecular complexity index is 466. The first-order valence-corrected chi connectivity index (χ1v) is 5.71. The molecule has 1 amide bonds. The van der Waals surface area contributed by atoms with Crippen molar-refractivity contribution < 1.29 is 9.53 Å². The molecule has 1 atom stereocenters. The molecule has 3 N–H and O–H groups in total. The van der Waals surface area contributed by atoms with Crippen LogP contribution >= 0.6 is 0 Å². The van der Waals surface area contributed by atoms with Crippen molar-refractivity contribution in [3.63, 3.8) is 0 Å². The van der Waals surface area contributed by atoms with E-state index in [1.54, 1.807) is 18.2 Å². The van der Waals surface area contributed by atoms with Crippen molar-refractivity contribution in [1.29, 1.82) is 5.26 Å². The van der Waals surface area contributed by atoms with E-state index in [0.717, 1.165) is 0 Å². The first kappa shape index (κ1) is 14.0. The number of hydrogen-bond donors (Lipinski definition) is 2. The smallest absolute Gasteiger partial charge is 0.227 e. The van der Waals surface area contributed by atoms with Gasteiger partial charge in [0.15, 0.2) is 0 Å². The number of benzene rings is 1. The Morgan fingerprint density at radius 2 is 2.33 bits per heavy atom. The van der Waals surface area contributed by atoms with Crippen LogP contribution in [0.4, 0.5) is 5.69 Å². The maximum atomic E-state index is 11.8. The Kier molecular flexibility index (Phi) is 5.15. The molecule has 0 aliphatic rings. The Morgan fingerprint density at radius 1 is 1.61 bits per heavy atom. The number of carbonyl (C=O) groups excluding carboxylic acids is 1. The normalized spacial score (nSPS) is 11.4. The summed E-state index contributed by atoms with van der Waals surface area (Å²) in [6, 6.07) is 6.89. The molecule has 0 spiro atoms. The molecule has 0 bridgehead atoms. The first-order valence-electron chi connectivity index (χ1n) is 5.71. The number of methoxy groups -OCH3 is 1. The van der Waals surface area contributed by atoms with Crippen LogP contribution < -0.4 is 15.8 Å². The van der Waals surface area contributed by atoms with Gasteiger partial charge in [-0.3, -0.25) is 4.79 Å². The second-order valence-corrected chi connectivity index (χ2v) is 3.99. The maximum Gasteiger partial charge on any atom is 0.227 e. The number of nitrogens with one attached hydrogen (secondary N) is 1. The van der Waals surface area contributed by atoms with Crippen molar-refractivity contribution in [3.8, 4) is 11.8 Å². The van der Waals surface area contributed by atoms with Crippen molar-refractivity contribution in [2.24, 2.45) is 11.7 Å². The second-order valence-electron chi connectivity index (χ2n) is 3.99. The lowest BCUT2D eigenvalue weighted by Gasteiger charge is -2.13. The zero-order valence-corrected chi connectivity index (χ0v) is 10.6. The van der Waals surface area contributed by atoms with E-state index in [9.17, 15) is 4.79 Å². The topological polar surface area (TPSA) is 88.1 Å². The van der Waals surface area contributed by atoms with Crippen molar-refractivity contribution in [3.05, 3.63) is 23.8 Å². The summed E-state index contributed by atoms with van der Waals surface area (Å²) in [5.74, 6) is 0.209. The lowest BCUT2D eigenvalue weighted by Crippen LogP contribution is -2.23.